The zero-order valence-corrected chi connectivity index (χ0v) is 17.4. The maximum Gasteiger partial charge on any atom is 0.416 e. The standard InChI is InChI=1S/C19H17F6N5O5/c20-18(21,22)9-1-8(2-10(3-9)19(23,24)25)5-34-30-7-28-16-12(15(30)26)27-6-29(16)17-14(33)13(32)11(4-31)35-17/h1-3,6-7,11,13-14,17,26,31-33H,4-5H2/p+1/t11-,13-,14-,17-/m1/s1. The van der Waals surface area contributed by atoms with Gasteiger partial charge in [0.05, 0.1) is 17.7 Å². The molecule has 1 aliphatic heterocycles. The summed E-state index contributed by atoms with van der Waals surface area (Å²) in [6.45, 7) is -1.28. The maximum absolute atomic E-state index is 13.1. The normalized spacial score (nSPS) is 23.2. The minimum absolute atomic E-state index is 0.00303. The number of aromatic nitrogens is 4. The van der Waals surface area contributed by atoms with Crippen molar-refractivity contribution in [2.24, 2.45) is 0 Å². The van der Waals surface area contributed by atoms with E-state index >= 15 is 0 Å². The van der Waals surface area contributed by atoms with Crippen LogP contribution in [0, 0.1) is 0 Å². The van der Waals surface area contributed by atoms with E-state index in [1.54, 1.807) is 0 Å². The lowest BCUT2D eigenvalue weighted by atomic mass is 10.1. The van der Waals surface area contributed by atoms with Crippen LogP contribution in [0.5, 0.6) is 0 Å². The van der Waals surface area contributed by atoms with Crippen LogP contribution < -0.4 is 15.3 Å². The van der Waals surface area contributed by atoms with Crippen molar-refractivity contribution in [3.05, 3.63) is 47.5 Å². The number of halogens is 6. The highest BCUT2D eigenvalue weighted by atomic mass is 19.4. The number of fused-ring (bicyclic) bond motifs is 1. The Hall–Kier alpha value is -3.21. The highest BCUT2D eigenvalue weighted by Gasteiger charge is 2.44. The Balaban J connectivity index is 1.61. The van der Waals surface area contributed by atoms with Crippen LogP contribution >= 0.6 is 0 Å². The number of rotatable bonds is 5. The Morgan fingerprint density at radius 3 is 2.20 bits per heavy atom. The van der Waals surface area contributed by atoms with E-state index in [1.165, 1.54) is 10.9 Å². The Bertz CT molecular complexity index is 1200. The van der Waals surface area contributed by atoms with E-state index in [-0.39, 0.29) is 23.0 Å². The summed E-state index contributed by atoms with van der Waals surface area (Å²) in [6.07, 6.45) is -12.9. The molecule has 1 aliphatic rings. The molecule has 0 aliphatic carbocycles. The molecular weight excluding hydrogens is 492 g/mol. The van der Waals surface area contributed by atoms with Crippen LogP contribution in [0.2, 0.25) is 0 Å². The molecular formula is C19H18F6N5O5+. The first-order valence-electron chi connectivity index (χ1n) is 9.88. The van der Waals surface area contributed by atoms with Gasteiger partial charge in [0.1, 0.15) is 24.6 Å². The predicted molar refractivity (Wildman–Crippen MR) is 102 cm³/mol. The molecule has 0 saturated carbocycles. The number of nitrogen functional groups attached to an aromatic ring is 1. The lowest BCUT2D eigenvalue weighted by Crippen LogP contribution is -2.45. The van der Waals surface area contributed by atoms with Gasteiger partial charge >= 0.3 is 12.4 Å². The van der Waals surface area contributed by atoms with Gasteiger partial charge in [0.25, 0.3) is 12.1 Å². The first kappa shape index (κ1) is 24.9. The van der Waals surface area contributed by atoms with Gasteiger partial charge in [-0.15, -0.1) is 0 Å². The summed E-state index contributed by atoms with van der Waals surface area (Å²) >= 11 is 0. The van der Waals surface area contributed by atoms with Crippen LogP contribution in [-0.4, -0.2) is 54.8 Å². The second kappa shape index (κ2) is 8.78. The van der Waals surface area contributed by atoms with E-state index in [0.29, 0.717) is 12.1 Å². The Labute approximate surface area is 191 Å². The summed E-state index contributed by atoms with van der Waals surface area (Å²) in [5.41, 5.74) is 2.65. The van der Waals surface area contributed by atoms with Crippen molar-refractivity contribution < 1.29 is 56.0 Å². The first-order valence-corrected chi connectivity index (χ1v) is 9.88. The number of aliphatic hydroxyl groups is 3. The predicted octanol–water partition coefficient (Wildman–Crippen LogP) is 0.579. The molecule has 0 spiro atoms. The third-order valence-corrected chi connectivity index (χ3v) is 5.34. The van der Waals surface area contributed by atoms with E-state index in [1.807, 2.05) is 0 Å². The van der Waals surface area contributed by atoms with Crippen molar-refractivity contribution in [1.29, 1.82) is 0 Å². The smallest absolute Gasteiger partial charge is 0.394 e. The van der Waals surface area contributed by atoms with Gasteiger partial charge in [-0.1, -0.05) is 9.71 Å². The molecule has 35 heavy (non-hydrogen) atoms. The molecule has 1 aromatic carbocycles. The number of anilines is 1. The number of nitrogens with two attached hydrogens (primary N) is 1. The van der Waals surface area contributed by atoms with Crippen molar-refractivity contribution in [1.82, 2.24) is 14.5 Å². The average molecular weight is 510 g/mol. The molecule has 16 heteroatoms. The summed E-state index contributed by atoms with van der Waals surface area (Å²) in [4.78, 5) is 13.3. The van der Waals surface area contributed by atoms with E-state index < -0.39 is 66.8 Å². The molecule has 5 N–H and O–H groups in total. The fourth-order valence-corrected chi connectivity index (χ4v) is 3.58. The highest BCUT2D eigenvalue weighted by molar-refractivity contribution is 5.79. The molecule has 0 unspecified atom stereocenters. The van der Waals surface area contributed by atoms with Gasteiger partial charge in [-0.05, 0) is 23.8 Å². The molecule has 190 valence electrons. The molecule has 4 rings (SSSR count). The Morgan fingerprint density at radius 2 is 1.66 bits per heavy atom. The van der Waals surface area contributed by atoms with Crippen molar-refractivity contribution in [3.8, 4) is 0 Å². The van der Waals surface area contributed by atoms with Crippen LogP contribution in [0.1, 0.15) is 22.9 Å². The van der Waals surface area contributed by atoms with Gasteiger partial charge in [-0.25, -0.2) is 4.98 Å². The van der Waals surface area contributed by atoms with Crippen molar-refractivity contribution in [3.63, 3.8) is 0 Å². The van der Waals surface area contributed by atoms with Crippen LogP contribution in [0.4, 0.5) is 32.2 Å². The number of benzene rings is 1. The van der Waals surface area contributed by atoms with Crippen molar-refractivity contribution in [2.75, 3.05) is 12.3 Å². The fourth-order valence-electron chi connectivity index (χ4n) is 3.58. The number of aliphatic hydroxyl groups excluding tert-OH is 3. The minimum atomic E-state index is -5.01. The van der Waals surface area contributed by atoms with Crippen LogP contribution in [0.25, 0.3) is 11.2 Å². The molecule has 0 radical (unpaired) electrons. The quantitative estimate of drug-likeness (QED) is 0.289. The summed E-state index contributed by atoms with van der Waals surface area (Å²) < 4.78 is 85.8. The van der Waals surface area contributed by atoms with E-state index in [0.717, 1.165) is 11.1 Å². The van der Waals surface area contributed by atoms with Crippen LogP contribution in [0.3, 0.4) is 0 Å². The third-order valence-electron chi connectivity index (χ3n) is 5.34. The van der Waals surface area contributed by atoms with Gasteiger partial charge in [-0.3, -0.25) is 4.57 Å². The number of hydrogen-bond acceptors (Lipinski definition) is 8. The van der Waals surface area contributed by atoms with Crippen LogP contribution in [0.15, 0.2) is 30.9 Å². The van der Waals surface area contributed by atoms with Crippen molar-refractivity contribution in [2.45, 2.75) is 43.5 Å². The number of hydrogen-bond donors (Lipinski definition) is 4. The average Bonchev–Trinajstić information content (AvgIpc) is 3.33. The second-order valence-corrected chi connectivity index (χ2v) is 7.70. The molecule has 1 saturated heterocycles. The van der Waals surface area contributed by atoms with Gasteiger partial charge in [0, 0.05) is 0 Å². The Kier molecular flexibility index (Phi) is 6.25. The third kappa shape index (κ3) is 4.69. The van der Waals surface area contributed by atoms with Gasteiger partial charge in [-0.2, -0.15) is 26.3 Å². The number of nitrogens with zero attached hydrogens (tertiary/aromatic N) is 4. The maximum atomic E-state index is 13.1. The zero-order chi connectivity index (χ0) is 25.7. The summed E-state index contributed by atoms with van der Waals surface area (Å²) in [5.74, 6) is -0.205. The highest BCUT2D eigenvalue weighted by Crippen LogP contribution is 2.36. The first-order chi connectivity index (χ1) is 16.3. The molecule has 10 nitrogen and oxygen atoms in total. The van der Waals surface area contributed by atoms with Crippen LogP contribution in [-0.2, 0) is 23.7 Å². The molecule has 0 bridgehead atoms. The number of imidazole rings is 1. The Morgan fingerprint density at radius 1 is 1.03 bits per heavy atom. The monoisotopic (exact) mass is 510 g/mol. The number of ether oxygens (including phenoxy) is 1. The number of alkyl halides is 6. The van der Waals surface area contributed by atoms with E-state index in [2.05, 4.69) is 9.97 Å². The largest absolute Gasteiger partial charge is 0.416 e. The fraction of sp³-hybridized carbons (Fsp3) is 0.421. The topological polar surface area (TPSA) is 140 Å². The van der Waals surface area contributed by atoms with Gasteiger partial charge in [0.15, 0.2) is 12.8 Å². The van der Waals surface area contributed by atoms with Crippen molar-refractivity contribution >= 4 is 17.0 Å². The molecule has 3 aromatic rings. The minimum Gasteiger partial charge on any atom is -0.394 e. The lowest BCUT2D eigenvalue weighted by Gasteiger charge is -2.15. The van der Waals surface area contributed by atoms with E-state index in [9.17, 15) is 41.7 Å². The lowest BCUT2D eigenvalue weighted by molar-refractivity contribution is -0.885. The molecule has 2 aromatic heterocycles. The van der Waals surface area contributed by atoms with E-state index in [4.69, 9.17) is 15.3 Å². The van der Waals surface area contributed by atoms with Gasteiger partial charge in [0.2, 0.25) is 11.2 Å². The van der Waals surface area contributed by atoms with Gasteiger partial charge < -0.3 is 30.6 Å². The molecule has 1 fully saturated rings. The SMILES string of the molecule is Nc1c2ncn([C@@H]3O[C@H](CO)[C@@H](O)[C@H]3O)c2nc[n+]1OCc1cc(C(F)(F)F)cc(C(F)(F)F)c1. The summed E-state index contributed by atoms with van der Waals surface area (Å²) in [6, 6.07) is 1.05. The summed E-state index contributed by atoms with van der Waals surface area (Å²) in [5, 5.41) is 29.4. The molecule has 3 heterocycles. The second-order valence-electron chi connectivity index (χ2n) is 7.70. The zero-order valence-electron chi connectivity index (χ0n) is 17.4. The molecule has 0 amide bonds. The molecule has 4 atom stereocenters. The summed E-state index contributed by atoms with van der Waals surface area (Å²) in [7, 11) is 0.